The van der Waals surface area contributed by atoms with Crippen molar-refractivity contribution in [1.82, 2.24) is 0 Å². The molecule has 0 bridgehead atoms. The highest BCUT2D eigenvalue weighted by molar-refractivity contribution is 6.30. The van der Waals surface area contributed by atoms with Crippen LogP contribution in [-0.2, 0) is 6.54 Å². The molecule has 0 spiro atoms. The van der Waals surface area contributed by atoms with E-state index < -0.39 is 0 Å². The van der Waals surface area contributed by atoms with Crippen LogP contribution < -0.4 is 5.32 Å². The minimum Gasteiger partial charge on any atom is -0.380 e. The molecule has 0 saturated heterocycles. The van der Waals surface area contributed by atoms with Crippen molar-refractivity contribution >= 4 is 23.1 Å². The van der Waals surface area contributed by atoms with Gasteiger partial charge in [-0.05, 0) is 29.8 Å². The second-order valence-corrected chi connectivity index (χ2v) is 5.66. The Morgan fingerprint density at radius 2 is 1.48 bits per heavy atom. The predicted molar refractivity (Wildman–Crippen MR) is 95.1 cm³/mol. The summed E-state index contributed by atoms with van der Waals surface area (Å²) < 4.78 is 0. The number of benzene rings is 3. The Balaban J connectivity index is 1.80. The average molecular weight is 322 g/mol. The number of para-hydroxylation sites is 1. The summed E-state index contributed by atoms with van der Waals surface area (Å²) in [6.07, 6.45) is 0. The zero-order valence-corrected chi connectivity index (χ0v) is 13.3. The molecule has 3 rings (SSSR count). The largest absolute Gasteiger partial charge is 0.380 e. The van der Waals surface area contributed by atoms with E-state index in [9.17, 15) is 4.79 Å². The lowest BCUT2D eigenvalue weighted by Gasteiger charge is -2.11. The number of carbonyl (C=O) groups excluding carboxylic acids is 1. The Morgan fingerprint density at radius 1 is 0.826 bits per heavy atom. The smallest absolute Gasteiger partial charge is 0.195 e. The molecular weight excluding hydrogens is 306 g/mol. The van der Waals surface area contributed by atoms with Gasteiger partial charge in [0.05, 0.1) is 0 Å². The van der Waals surface area contributed by atoms with Crippen molar-refractivity contribution in [1.29, 1.82) is 0 Å². The maximum atomic E-state index is 12.7. The zero-order valence-electron chi connectivity index (χ0n) is 12.5. The number of hydrogen-bond acceptors (Lipinski definition) is 2. The van der Waals surface area contributed by atoms with Gasteiger partial charge < -0.3 is 5.32 Å². The monoisotopic (exact) mass is 321 g/mol. The van der Waals surface area contributed by atoms with E-state index in [1.54, 1.807) is 0 Å². The summed E-state index contributed by atoms with van der Waals surface area (Å²) in [5.41, 5.74) is 3.30. The Morgan fingerprint density at radius 3 is 2.22 bits per heavy atom. The molecule has 114 valence electrons. The van der Waals surface area contributed by atoms with Crippen molar-refractivity contribution in [2.24, 2.45) is 0 Å². The molecule has 0 saturated carbocycles. The summed E-state index contributed by atoms with van der Waals surface area (Å²) in [6.45, 7) is 0.635. The zero-order chi connectivity index (χ0) is 16.1. The van der Waals surface area contributed by atoms with Crippen molar-refractivity contribution in [3.8, 4) is 0 Å². The number of hydrogen-bond donors (Lipinski definition) is 1. The highest BCUT2D eigenvalue weighted by Crippen LogP contribution is 2.20. The predicted octanol–water partition coefficient (Wildman–Crippen LogP) is 5.18. The van der Waals surface area contributed by atoms with Crippen LogP contribution in [0.25, 0.3) is 0 Å². The van der Waals surface area contributed by atoms with Gasteiger partial charge in [0.15, 0.2) is 5.78 Å². The molecule has 3 aromatic rings. The van der Waals surface area contributed by atoms with Gasteiger partial charge in [0.25, 0.3) is 0 Å². The summed E-state index contributed by atoms with van der Waals surface area (Å²) in [4.78, 5) is 12.7. The Labute approximate surface area is 140 Å². The van der Waals surface area contributed by atoms with Crippen LogP contribution in [-0.4, -0.2) is 5.78 Å². The summed E-state index contributed by atoms with van der Waals surface area (Å²) in [7, 11) is 0. The first kappa shape index (κ1) is 15.3. The van der Waals surface area contributed by atoms with Crippen LogP contribution in [0.4, 0.5) is 5.69 Å². The molecule has 3 aromatic carbocycles. The van der Waals surface area contributed by atoms with Crippen LogP contribution in [0, 0.1) is 0 Å². The van der Waals surface area contributed by atoms with Gasteiger partial charge in [-0.1, -0.05) is 66.2 Å². The van der Waals surface area contributed by atoms with E-state index in [0.717, 1.165) is 11.3 Å². The second kappa shape index (κ2) is 7.12. The van der Waals surface area contributed by atoms with E-state index in [2.05, 4.69) is 5.32 Å². The molecular formula is C20H16ClNO. The fourth-order valence-electron chi connectivity index (χ4n) is 2.38. The Bertz CT molecular complexity index is 797. The molecule has 0 aliphatic carbocycles. The van der Waals surface area contributed by atoms with Crippen molar-refractivity contribution in [2.75, 3.05) is 5.32 Å². The van der Waals surface area contributed by atoms with E-state index in [1.807, 2.05) is 78.9 Å². The van der Waals surface area contributed by atoms with Crippen LogP contribution in [0.1, 0.15) is 21.5 Å². The third-order valence-electron chi connectivity index (χ3n) is 3.60. The van der Waals surface area contributed by atoms with Crippen LogP contribution in [0.15, 0.2) is 78.9 Å². The van der Waals surface area contributed by atoms with Gasteiger partial charge in [0.1, 0.15) is 0 Å². The number of nitrogens with one attached hydrogen (secondary N) is 1. The van der Waals surface area contributed by atoms with Crippen molar-refractivity contribution in [3.05, 3.63) is 101 Å². The molecule has 0 fully saturated rings. The highest BCUT2D eigenvalue weighted by Gasteiger charge is 2.12. The molecule has 0 atom stereocenters. The second-order valence-electron chi connectivity index (χ2n) is 5.22. The summed E-state index contributed by atoms with van der Waals surface area (Å²) in [6, 6.07) is 24.5. The molecule has 3 heteroatoms. The lowest BCUT2D eigenvalue weighted by molar-refractivity contribution is 0.103. The average Bonchev–Trinajstić information content (AvgIpc) is 2.62. The van der Waals surface area contributed by atoms with E-state index >= 15 is 0 Å². The highest BCUT2D eigenvalue weighted by atomic mass is 35.5. The SMILES string of the molecule is O=C(c1ccccc1)c1ccccc1NCc1ccc(Cl)cc1. The molecule has 0 radical (unpaired) electrons. The third-order valence-corrected chi connectivity index (χ3v) is 3.86. The van der Waals surface area contributed by atoms with Crippen molar-refractivity contribution < 1.29 is 4.79 Å². The number of rotatable bonds is 5. The fraction of sp³-hybridized carbons (Fsp3) is 0.0500. The van der Waals surface area contributed by atoms with Gasteiger partial charge in [0, 0.05) is 28.4 Å². The molecule has 0 heterocycles. The van der Waals surface area contributed by atoms with E-state index in [4.69, 9.17) is 11.6 Å². The summed E-state index contributed by atoms with van der Waals surface area (Å²) in [5.74, 6) is 0.0183. The third kappa shape index (κ3) is 3.79. The van der Waals surface area contributed by atoms with E-state index in [1.165, 1.54) is 0 Å². The number of ketones is 1. The molecule has 0 unspecified atom stereocenters. The molecule has 1 N–H and O–H groups in total. The van der Waals surface area contributed by atoms with Crippen molar-refractivity contribution in [2.45, 2.75) is 6.54 Å². The first-order chi connectivity index (χ1) is 11.2. The molecule has 2 nitrogen and oxygen atoms in total. The topological polar surface area (TPSA) is 29.1 Å². The van der Waals surface area contributed by atoms with Gasteiger partial charge in [0.2, 0.25) is 0 Å². The number of halogens is 1. The maximum absolute atomic E-state index is 12.7. The van der Waals surface area contributed by atoms with Gasteiger partial charge in [-0.2, -0.15) is 0 Å². The quantitative estimate of drug-likeness (QED) is 0.656. The van der Waals surface area contributed by atoms with E-state index in [0.29, 0.717) is 22.7 Å². The lowest BCUT2D eigenvalue weighted by atomic mass is 10.0. The lowest BCUT2D eigenvalue weighted by Crippen LogP contribution is -2.07. The first-order valence-electron chi connectivity index (χ1n) is 7.41. The van der Waals surface area contributed by atoms with Gasteiger partial charge in [-0.25, -0.2) is 0 Å². The van der Waals surface area contributed by atoms with Crippen molar-refractivity contribution in [3.63, 3.8) is 0 Å². The van der Waals surface area contributed by atoms with Gasteiger partial charge in [-0.3, -0.25) is 4.79 Å². The molecule has 23 heavy (non-hydrogen) atoms. The molecule has 0 aliphatic rings. The van der Waals surface area contributed by atoms with Crippen LogP contribution >= 0.6 is 11.6 Å². The fourth-order valence-corrected chi connectivity index (χ4v) is 2.51. The minimum atomic E-state index is 0.0183. The molecule has 0 aliphatic heterocycles. The minimum absolute atomic E-state index is 0.0183. The number of carbonyl (C=O) groups is 1. The normalized spacial score (nSPS) is 10.3. The standard InChI is InChI=1S/C20H16ClNO/c21-17-12-10-15(11-13-17)14-22-19-9-5-4-8-18(19)20(23)16-6-2-1-3-7-16/h1-13,22H,14H2. The van der Waals surface area contributed by atoms with Crippen LogP contribution in [0.5, 0.6) is 0 Å². The van der Waals surface area contributed by atoms with Crippen LogP contribution in [0.2, 0.25) is 5.02 Å². The summed E-state index contributed by atoms with van der Waals surface area (Å²) in [5, 5.41) is 4.05. The Kier molecular flexibility index (Phi) is 4.74. The van der Waals surface area contributed by atoms with E-state index in [-0.39, 0.29) is 5.78 Å². The van der Waals surface area contributed by atoms with Crippen LogP contribution in [0.3, 0.4) is 0 Å². The molecule has 0 amide bonds. The first-order valence-corrected chi connectivity index (χ1v) is 7.79. The van der Waals surface area contributed by atoms with Gasteiger partial charge in [-0.15, -0.1) is 0 Å². The maximum Gasteiger partial charge on any atom is 0.195 e. The Hall–Kier alpha value is -2.58. The number of anilines is 1. The van der Waals surface area contributed by atoms with Gasteiger partial charge >= 0.3 is 0 Å². The molecule has 0 aromatic heterocycles. The summed E-state index contributed by atoms with van der Waals surface area (Å²) >= 11 is 5.90.